The van der Waals surface area contributed by atoms with Crippen molar-refractivity contribution in [2.24, 2.45) is 5.92 Å². The van der Waals surface area contributed by atoms with Crippen molar-refractivity contribution in [1.82, 2.24) is 20.7 Å². The van der Waals surface area contributed by atoms with Crippen molar-refractivity contribution in [3.05, 3.63) is 66.2 Å². The average molecular weight is 478 g/mol. The van der Waals surface area contributed by atoms with Gasteiger partial charge in [-0.3, -0.25) is 15.6 Å². The van der Waals surface area contributed by atoms with Crippen molar-refractivity contribution in [3.8, 4) is 0 Å². The van der Waals surface area contributed by atoms with E-state index < -0.39 is 0 Å². The van der Waals surface area contributed by atoms with Gasteiger partial charge in [-0.05, 0) is 49.8 Å². The first-order valence-corrected chi connectivity index (χ1v) is 13.0. The van der Waals surface area contributed by atoms with Crippen LogP contribution in [-0.4, -0.2) is 54.5 Å². The van der Waals surface area contributed by atoms with E-state index in [2.05, 4.69) is 46.5 Å². The molecule has 2 aromatic carbocycles. The topological polar surface area (TPSA) is 76.7 Å². The summed E-state index contributed by atoms with van der Waals surface area (Å²) in [5, 5.41) is 2.94. The van der Waals surface area contributed by atoms with Crippen molar-refractivity contribution < 1.29 is 9.59 Å². The molecule has 2 aliphatic heterocycles. The lowest BCUT2D eigenvalue weighted by molar-refractivity contribution is -0.135. The van der Waals surface area contributed by atoms with Crippen molar-refractivity contribution in [2.45, 2.75) is 57.0 Å². The van der Waals surface area contributed by atoms with Gasteiger partial charge in [0, 0.05) is 44.5 Å². The molecule has 188 valence electrons. The van der Waals surface area contributed by atoms with Crippen LogP contribution in [0.4, 0.5) is 10.5 Å². The SMILES string of the molecule is CN(CCCCCC1CC(c2ccccc2)NN1)C(=O)C1CCCN(C(=O)Nc2ccccc2)C1. The number of hydrazine groups is 1. The zero-order chi connectivity index (χ0) is 24.5. The number of piperidine rings is 1. The number of nitrogens with zero attached hydrogens (tertiary/aromatic N) is 2. The Morgan fingerprint density at radius 3 is 2.51 bits per heavy atom. The van der Waals surface area contributed by atoms with Crippen LogP contribution in [0.25, 0.3) is 0 Å². The third-order valence-electron chi connectivity index (χ3n) is 7.19. The number of anilines is 1. The molecule has 3 amide bonds. The zero-order valence-corrected chi connectivity index (χ0v) is 20.8. The van der Waals surface area contributed by atoms with Crippen LogP contribution in [-0.2, 0) is 4.79 Å². The number of urea groups is 1. The van der Waals surface area contributed by atoms with Gasteiger partial charge in [-0.25, -0.2) is 4.79 Å². The van der Waals surface area contributed by atoms with Gasteiger partial charge < -0.3 is 15.1 Å². The molecule has 3 N–H and O–H groups in total. The van der Waals surface area contributed by atoms with E-state index in [1.807, 2.05) is 42.3 Å². The standard InChI is InChI=1S/C28H39N5O2/c1-32(18-10-4-9-17-25-20-26(31-30-25)22-12-5-2-6-13-22)27(34)23-14-11-19-33(21-23)28(35)29-24-15-7-3-8-16-24/h2-3,5-8,12-13,15-16,23,25-26,30-31H,4,9-11,14,17-21H2,1H3,(H,29,35). The number of unbranched alkanes of at least 4 members (excludes halogenated alkanes) is 2. The van der Waals surface area contributed by atoms with Crippen LogP contribution >= 0.6 is 0 Å². The monoisotopic (exact) mass is 477 g/mol. The van der Waals surface area contributed by atoms with Crippen LogP contribution in [0.1, 0.15) is 56.6 Å². The number of hydrogen-bond acceptors (Lipinski definition) is 4. The highest BCUT2D eigenvalue weighted by molar-refractivity contribution is 5.90. The Morgan fingerprint density at radius 2 is 1.74 bits per heavy atom. The number of carbonyl (C=O) groups excluding carboxylic acids is 2. The van der Waals surface area contributed by atoms with E-state index in [1.54, 1.807) is 4.90 Å². The van der Waals surface area contributed by atoms with Crippen LogP contribution < -0.4 is 16.2 Å². The Kier molecular flexibility index (Phi) is 9.15. The van der Waals surface area contributed by atoms with E-state index in [4.69, 9.17) is 0 Å². The molecule has 0 radical (unpaired) electrons. The highest BCUT2D eigenvalue weighted by atomic mass is 16.2. The maximum Gasteiger partial charge on any atom is 0.321 e. The Hall–Kier alpha value is -2.90. The highest BCUT2D eigenvalue weighted by Crippen LogP contribution is 2.24. The number of rotatable bonds is 9. The smallest absolute Gasteiger partial charge is 0.321 e. The summed E-state index contributed by atoms with van der Waals surface area (Å²) in [4.78, 5) is 29.3. The first-order chi connectivity index (χ1) is 17.1. The fraction of sp³-hybridized carbons (Fsp3) is 0.500. The summed E-state index contributed by atoms with van der Waals surface area (Å²) in [7, 11) is 1.90. The molecule has 2 aromatic rings. The maximum absolute atomic E-state index is 13.0. The van der Waals surface area contributed by atoms with E-state index in [1.165, 1.54) is 5.56 Å². The number of nitrogens with one attached hydrogen (secondary N) is 3. The van der Waals surface area contributed by atoms with Gasteiger partial charge in [0.2, 0.25) is 5.91 Å². The predicted octanol–water partition coefficient (Wildman–Crippen LogP) is 4.56. The van der Waals surface area contributed by atoms with Crippen molar-refractivity contribution in [1.29, 1.82) is 0 Å². The number of likely N-dealkylation sites (tertiary alicyclic amines) is 1. The number of para-hydroxylation sites is 1. The molecular weight excluding hydrogens is 438 g/mol. The molecule has 2 aliphatic rings. The second kappa shape index (κ2) is 12.7. The van der Waals surface area contributed by atoms with Crippen LogP contribution in [0.5, 0.6) is 0 Å². The number of hydrogen-bond donors (Lipinski definition) is 3. The molecule has 4 rings (SSSR count). The molecule has 0 saturated carbocycles. The lowest BCUT2D eigenvalue weighted by Gasteiger charge is -2.34. The van der Waals surface area contributed by atoms with Gasteiger partial charge >= 0.3 is 6.03 Å². The van der Waals surface area contributed by atoms with Gasteiger partial charge in [0.15, 0.2) is 0 Å². The van der Waals surface area contributed by atoms with E-state index in [9.17, 15) is 9.59 Å². The first-order valence-electron chi connectivity index (χ1n) is 13.0. The number of carbonyl (C=O) groups is 2. The van der Waals surface area contributed by atoms with Gasteiger partial charge in [-0.15, -0.1) is 0 Å². The molecule has 2 saturated heterocycles. The Labute approximate surface area is 209 Å². The molecule has 35 heavy (non-hydrogen) atoms. The molecule has 3 unspecified atom stereocenters. The number of benzene rings is 2. The maximum atomic E-state index is 13.0. The molecule has 0 aliphatic carbocycles. The molecule has 0 bridgehead atoms. The third kappa shape index (κ3) is 7.29. The second-order valence-electron chi connectivity index (χ2n) is 9.88. The normalized spacial score (nSPS) is 22.1. The van der Waals surface area contributed by atoms with E-state index in [0.29, 0.717) is 25.2 Å². The fourth-order valence-electron chi connectivity index (χ4n) is 5.14. The fourth-order valence-corrected chi connectivity index (χ4v) is 5.14. The van der Waals surface area contributed by atoms with Gasteiger partial charge in [0.25, 0.3) is 0 Å². The average Bonchev–Trinajstić information content (AvgIpc) is 3.38. The first kappa shape index (κ1) is 25.2. The summed E-state index contributed by atoms with van der Waals surface area (Å²) in [6.45, 7) is 1.96. The Bertz CT molecular complexity index is 939. The third-order valence-corrected chi connectivity index (χ3v) is 7.19. The Morgan fingerprint density at radius 1 is 1.00 bits per heavy atom. The van der Waals surface area contributed by atoms with E-state index in [0.717, 1.165) is 57.2 Å². The predicted molar refractivity (Wildman–Crippen MR) is 140 cm³/mol. The second-order valence-corrected chi connectivity index (χ2v) is 9.88. The summed E-state index contributed by atoms with van der Waals surface area (Å²) in [6, 6.07) is 20.8. The van der Waals surface area contributed by atoms with Crippen LogP contribution in [0, 0.1) is 5.92 Å². The van der Waals surface area contributed by atoms with E-state index in [-0.39, 0.29) is 17.9 Å². The van der Waals surface area contributed by atoms with Crippen molar-refractivity contribution >= 4 is 17.6 Å². The van der Waals surface area contributed by atoms with Crippen LogP contribution in [0.15, 0.2) is 60.7 Å². The largest absolute Gasteiger partial charge is 0.345 e. The van der Waals surface area contributed by atoms with Crippen LogP contribution in [0.2, 0.25) is 0 Å². The van der Waals surface area contributed by atoms with Gasteiger partial charge in [0.1, 0.15) is 0 Å². The quantitative estimate of drug-likeness (QED) is 0.463. The van der Waals surface area contributed by atoms with Gasteiger partial charge in [0.05, 0.1) is 5.92 Å². The lowest BCUT2D eigenvalue weighted by atomic mass is 9.96. The molecule has 0 spiro atoms. The highest BCUT2D eigenvalue weighted by Gasteiger charge is 2.30. The molecule has 7 heteroatoms. The molecule has 7 nitrogen and oxygen atoms in total. The summed E-state index contributed by atoms with van der Waals surface area (Å²) < 4.78 is 0. The Balaban J connectivity index is 1.12. The minimum atomic E-state index is -0.124. The summed E-state index contributed by atoms with van der Waals surface area (Å²) in [5.41, 5.74) is 8.98. The molecule has 2 fully saturated rings. The minimum absolute atomic E-state index is 0.112. The molecule has 2 heterocycles. The molecule has 3 atom stereocenters. The minimum Gasteiger partial charge on any atom is -0.345 e. The van der Waals surface area contributed by atoms with Gasteiger partial charge in [-0.2, -0.15) is 0 Å². The number of amides is 3. The lowest BCUT2D eigenvalue weighted by Crippen LogP contribution is -2.47. The zero-order valence-electron chi connectivity index (χ0n) is 20.8. The van der Waals surface area contributed by atoms with Crippen molar-refractivity contribution in [2.75, 3.05) is 32.0 Å². The molecular formula is C28H39N5O2. The summed E-state index contributed by atoms with van der Waals surface area (Å²) >= 11 is 0. The summed E-state index contributed by atoms with van der Waals surface area (Å²) in [5.74, 6) is 0.0496. The van der Waals surface area contributed by atoms with E-state index >= 15 is 0 Å². The molecule has 0 aromatic heterocycles. The van der Waals surface area contributed by atoms with Crippen molar-refractivity contribution in [3.63, 3.8) is 0 Å². The van der Waals surface area contributed by atoms with Gasteiger partial charge in [-0.1, -0.05) is 61.4 Å². The summed E-state index contributed by atoms with van der Waals surface area (Å²) in [6.07, 6.45) is 7.23. The van der Waals surface area contributed by atoms with Crippen LogP contribution in [0.3, 0.4) is 0 Å².